The second kappa shape index (κ2) is 8.22. The maximum absolute atomic E-state index is 11.8. The fourth-order valence-electron chi connectivity index (χ4n) is 2.26. The van der Waals surface area contributed by atoms with Gasteiger partial charge in [0.2, 0.25) is 0 Å². The molecule has 5 nitrogen and oxygen atoms in total. The molecule has 0 spiro atoms. The van der Waals surface area contributed by atoms with Crippen molar-refractivity contribution in [2.75, 3.05) is 44.7 Å². The topological polar surface area (TPSA) is 53.6 Å². The SMILES string of the molecule is CC(CNC(=O)Nc1ccc(Cl)cc1)CN1CCOCC1. The van der Waals surface area contributed by atoms with Crippen molar-refractivity contribution in [3.8, 4) is 0 Å². The van der Waals surface area contributed by atoms with Crippen LogP contribution < -0.4 is 10.6 Å². The molecule has 1 aromatic rings. The van der Waals surface area contributed by atoms with Gasteiger partial charge in [0, 0.05) is 36.9 Å². The van der Waals surface area contributed by atoms with Gasteiger partial charge in [0.05, 0.1) is 13.2 Å². The Hall–Kier alpha value is -1.30. The summed E-state index contributed by atoms with van der Waals surface area (Å²) in [6.07, 6.45) is 0. The van der Waals surface area contributed by atoms with Crippen molar-refractivity contribution in [2.24, 2.45) is 5.92 Å². The van der Waals surface area contributed by atoms with E-state index in [0.29, 0.717) is 17.5 Å². The normalized spacial score (nSPS) is 17.2. The average molecular weight is 312 g/mol. The zero-order valence-corrected chi connectivity index (χ0v) is 13.0. The first-order valence-corrected chi connectivity index (χ1v) is 7.62. The summed E-state index contributed by atoms with van der Waals surface area (Å²) in [5, 5.41) is 6.33. The lowest BCUT2D eigenvalue weighted by molar-refractivity contribution is 0.0320. The second-order valence-electron chi connectivity index (χ2n) is 5.36. The molecule has 1 fully saturated rings. The monoisotopic (exact) mass is 311 g/mol. The van der Waals surface area contributed by atoms with Crippen LogP contribution in [-0.4, -0.2) is 50.3 Å². The number of ether oxygens (including phenoxy) is 1. The van der Waals surface area contributed by atoms with E-state index in [1.807, 2.05) is 0 Å². The van der Waals surface area contributed by atoms with Crippen LogP contribution in [0.25, 0.3) is 0 Å². The second-order valence-corrected chi connectivity index (χ2v) is 5.80. The van der Waals surface area contributed by atoms with Crippen molar-refractivity contribution in [3.05, 3.63) is 29.3 Å². The summed E-state index contributed by atoms with van der Waals surface area (Å²) in [7, 11) is 0. The van der Waals surface area contributed by atoms with Crippen molar-refractivity contribution in [1.82, 2.24) is 10.2 Å². The summed E-state index contributed by atoms with van der Waals surface area (Å²) < 4.78 is 5.32. The van der Waals surface area contributed by atoms with Crippen molar-refractivity contribution in [1.29, 1.82) is 0 Å². The van der Waals surface area contributed by atoms with Crippen LogP contribution in [0.2, 0.25) is 5.02 Å². The van der Waals surface area contributed by atoms with Crippen LogP contribution >= 0.6 is 11.6 Å². The van der Waals surface area contributed by atoms with Gasteiger partial charge in [-0.15, -0.1) is 0 Å². The van der Waals surface area contributed by atoms with Crippen molar-refractivity contribution in [3.63, 3.8) is 0 Å². The molecule has 0 aromatic heterocycles. The number of hydrogen-bond donors (Lipinski definition) is 2. The van der Waals surface area contributed by atoms with E-state index in [9.17, 15) is 4.79 Å². The number of nitrogens with one attached hydrogen (secondary N) is 2. The van der Waals surface area contributed by atoms with E-state index in [4.69, 9.17) is 16.3 Å². The van der Waals surface area contributed by atoms with Crippen molar-refractivity contribution in [2.45, 2.75) is 6.92 Å². The lowest BCUT2D eigenvalue weighted by Gasteiger charge is -2.29. The first-order chi connectivity index (χ1) is 10.1. The number of rotatable bonds is 5. The number of amides is 2. The highest BCUT2D eigenvalue weighted by molar-refractivity contribution is 6.30. The van der Waals surface area contributed by atoms with Gasteiger partial charge in [-0.25, -0.2) is 4.79 Å². The Morgan fingerprint density at radius 2 is 2.00 bits per heavy atom. The molecule has 2 rings (SSSR count). The summed E-state index contributed by atoms with van der Waals surface area (Å²) >= 11 is 5.80. The molecule has 0 radical (unpaired) electrons. The number of nitrogens with zero attached hydrogens (tertiary/aromatic N) is 1. The van der Waals surface area contributed by atoms with E-state index >= 15 is 0 Å². The Morgan fingerprint density at radius 1 is 1.33 bits per heavy atom. The molecule has 1 unspecified atom stereocenters. The van der Waals surface area contributed by atoms with E-state index in [-0.39, 0.29) is 6.03 Å². The molecule has 0 aliphatic carbocycles. The number of urea groups is 1. The number of halogens is 1. The maximum Gasteiger partial charge on any atom is 0.319 e. The van der Waals surface area contributed by atoms with E-state index in [2.05, 4.69) is 22.5 Å². The Balaban J connectivity index is 1.66. The highest BCUT2D eigenvalue weighted by atomic mass is 35.5. The van der Waals surface area contributed by atoms with Crippen molar-refractivity contribution >= 4 is 23.3 Å². The van der Waals surface area contributed by atoms with Gasteiger partial charge >= 0.3 is 6.03 Å². The van der Waals surface area contributed by atoms with E-state index in [0.717, 1.165) is 38.5 Å². The Bertz CT molecular complexity index is 447. The smallest absolute Gasteiger partial charge is 0.319 e. The first kappa shape index (κ1) is 16.1. The van der Waals surface area contributed by atoms with Gasteiger partial charge in [-0.3, -0.25) is 4.90 Å². The lowest BCUT2D eigenvalue weighted by Crippen LogP contribution is -2.42. The lowest BCUT2D eigenvalue weighted by atomic mass is 10.1. The van der Waals surface area contributed by atoms with Gasteiger partial charge in [0.25, 0.3) is 0 Å². The molecule has 116 valence electrons. The number of benzene rings is 1. The Kier molecular flexibility index (Phi) is 6.29. The number of carbonyl (C=O) groups excluding carboxylic acids is 1. The molecule has 1 heterocycles. The standard InChI is InChI=1S/C15H22ClN3O2/c1-12(11-19-6-8-21-9-7-19)10-17-15(20)18-14-4-2-13(16)3-5-14/h2-5,12H,6-11H2,1H3,(H2,17,18,20). The molecule has 0 bridgehead atoms. The largest absolute Gasteiger partial charge is 0.379 e. The quantitative estimate of drug-likeness (QED) is 0.878. The zero-order valence-electron chi connectivity index (χ0n) is 12.3. The van der Waals surface area contributed by atoms with Crippen LogP contribution in [-0.2, 0) is 4.74 Å². The fraction of sp³-hybridized carbons (Fsp3) is 0.533. The van der Waals surface area contributed by atoms with Crippen LogP contribution in [0.5, 0.6) is 0 Å². The molecule has 1 aliphatic rings. The minimum absolute atomic E-state index is 0.189. The molecule has 2 N–H and O–H groups in total. The molecular formula is C15H22ClN3O2. The number of carbonyl (C=O) groups is 1. The first-order valence-electron chi connectivity index (χ1n) is 7.24. The minimum Gasteiger partial charge on any atom is -0.379 e. The van der Waals surface area contributed by atoms with Gasteiger partial charge in [-0.2, -0.15) is 0 Å². The van der Waals surface area contributed by atoms with Crippen LogP contribution in [0.15, 0.2) is 24.3 Å². The number of anilines is 1. The average Bonchev–Trinajstić information content (AvgIpc) is 2.49. The maximum atomic E-state index is 11.8. The third-order valence-corrected chi connectivity index (χ3v) is 3.64. The Labute approximate surface area is 130 Å². The molecular weight excluding hydrogens is 290 g/mol. The third kappa shape index (κ3) is 5.91. The van der Waals surface area contributed by atoms with E-state index < -0.39 is 0 Å². The van der Waals surface area contributed by atoms with Crippen LogP contribution in [0.4, 0.5) is 10.5 Å². The molecule has 6 heteroatoms. The third-order valence-electron chi connectivity index (χ3n) is 3.39. The molecule has 21 heavy (non-hydrogen) atoms. The highest BCUT2D eigenvalue weighted by Crippen LogP contribution is 2.13. The van der Waals surface area contributed by atoms with Gasteiger partial charge in [-0.1, -0.05) is 18.5 Å². The fourth-order valence-corrected chi connectivity index (χ4v) is 2.39. The predicted molar refractivity (Wildman–Crippen MR) is 84.9 cm³/mol. The molecule has 0 saturated carbocycles. The zero-order chi connectivity index (χ0) is 15.1. The van der Waals surface area contributed by atoms with Crippen molar-refractivity contribution < 1.29 is 9.53 Å². The minimum atomic E-state index is -0.189. The summed E-state index contributed by atoms with van der Waals surface area (Å²) in [5.41, 5.74) is 0.734. The van der Waals surface area contributed by atoms with Gasteiger partial charge < -0.3 is 15.4 Å². The summed E-state index contributed by atoms with van der Waals surface area (Å²) in [6.45, 7) is 7.32. The number of hydrogen-bond acceptors (Lipinski definition) is 3. The molecule has 1 aliphatic heterocycles. The molecule has 2 amide bonds. The molecule has 1 atom stereocenters. The molecule has 1 aromatic carbocycles. The molecule has 1 saturated heterocycles. The van der Waals surface area contributed by atoms with Crippen LogP contribution in [0.1, 0.15) is 6.92 Å². The van der Waals surface area contributed by atoms with Gasteiger partial charge in [0.1, 0.15) is 0 Å². The summed E-state index contributed by atoms with van der Waals surface area (Å²) in [6, 6.07) is 6.86. The van der Waals surface area contributed by atoms with Gasteiger partial charge in [-0.05, 0) is 30.2 Å². The van der Waals surface area contributed by atoms with Gasteiger partial charge in [0.15, 0.2) is 0 Å². The summed E-state index contributed by atoms with van der Waals surface area (Å²) in [4.78, 5) is 14.2. The van der Waals surface area contributed by atoms with E-state index in [1.165, 1.54) is 0 Å². The summed E-state index contributed by atoms with van der Waals surface area (Å²) in [5.74, 6) is 0.402. The van der Waals surface area contributed by atoms with Crippen LogP contribution in [0.3, 0.4) is 0 Å². The highest BCUT2D eigenvalue weighted by Gasteiger charge is 2.14. The van der Waals surface area contributed by atoms with Crippen LogP contribution in [0, 0.1) is 5.92 Å². The van der Waals surface area contributed by atoms with E-state index in [1.54, 1.807) is 24.3 Å². The predicted octanol–water partition coefficient (Wildman–Crippen LogP) is 2.43. The number of morpholine rings is 1. The Morgan fingerprint density at radius 3 is 2.67 bits per heavy atom.